The first-order valence-corrected chi connectivity index (χ1v) is 34.1. The molecular weight excluding hydrogens is 949 g/mol. The maximum Gasteiger partial charge on any atom is 0.306 e. The molecule has 450 valence electrons. The van der Waals surface area contributed by atoms with Crippen molar-refractivity contribution in [3.8, 4) is 0 Å². The van der Waals surface area contributed by atoms with Gasteiger partial charge in [-0.3, -0.25) is 14.4 Å². The van der Waals surface area contributed by atoms with E-state index in [1.165, 1.54) is 238 Å². The van der Waals surface area contributed by atoms with Gasteiger partial charge in [0.05, 0.1) is 0 Å². The van der Waals surface area contributed by atoms with Gasteiger partial charge in [-0.15, -0.1) is 0 Å². The second kappa shape index (κ2) is 65.9. The van der Waals surface area contributed by atoms with E-state index >= 15 is 0 Å². The summed E-state index contributed by atoms with van der Waals surface area (Å²) < 4.78 is 16.9. The van der Waals surface area contributed by atoms with Crippen LogP contribution in [0, 0.1) is 0 Å². The third kappa shape index (κ3) is 64.1. The molecule has 6 heteroatoms. The molecule has 0 aromatic carbocycles. The highest BCUT2D eigenvalue weighted by Crippen LogP contribution is 2.18. The van der Waals surface area contributed by atoms with Crippen LogP contribution in [0.2, 0.25) is 0 Å². The molecule has 0 bridgehead atoms. The van der Waals surface area contributed by atoms with Crippen molar-refractivity contribution >= 4 is 17.9 Å². The number of carbonyl (C=O) groups excluding carboxylic acids is 3. The molecule has 0 fully saturated rings. The lowest BCUT2D eigenvalue weighted by Crippen LogP contribution is -2.30. The van der Waals surface area contributed by atoms with Gasteiger partial charge in [0.2, 0.25) is 0 Å². The van der Waals surface area contributed by atoms with E-state index < -0.39 is 6.10 Å². The Balaban J connectivity index is 4.16. The first-order chi connectivity index (χ1) is 38.0. The molecule has 0 aromatic rings. The van der Waals surface area contributed by atoms with E-state index in [1.54, 1.807) is 0 Å². The summed E-state index contributed by atoms with van der Waals surface area (Å²) in [6.45, 7) is 6.61. The van der Waals surface area contributed by atoms with Gasteiger partial charge in [0, 0.05) is 19.3 Å². The van der Waals surface area contributed by atoms with Crippen LogP contribution in [-0.4, -0.2) is 37.2 Å². The third-order valence-corrected chi connectivity index (χ3v) is 15.3. The van der Waals surface area contributed by atoms with Gasteiger partial charge in [-0.1, -0.05) is 320 Å². The standard InChI is InChI=1S/C71H130O6/c1-4-7-10-13-16-19-22-24-26-28-30-31-32-33-34-35-36-37-38-39-41-42-44-46-49-52-55-58-61-64-70(73)76-67-68(66-75-69(72)63-60-57-54-51-48-21-18-15-12-9-6-3)77-71(74)65-62-59-56-53-50-47-45-43-40-29-27-25-23-20-17-14-11-8-5-2/h15,17-18,20,25,27,40,43,68H,4-14,16,19,21-24,26,28-39,41-42,44-67H2,1-3H3/b18-15-,20-17-,27-25-,43-40-. The number of ether oxygens (including phenoxy) is 3. The lowest BCUT2D eigenvalue weighted by Gasteiger charge is -2.18. The van der Waals surface area contributed by atoms with Crippen LogP contribution in [-0.2, 0) is 28.6 Å². The maximum absolute atomic E-state index is 12.9. The molecule has 77 heavy (non-hydrogen) atoms. The monoisotopic (exact) mass is 1080 g/mol. The summed E-state index contributed by atoms with van der Waals surface area (Å²) in [4.78, 5) is 38.3. The molecule has 0 saturated carbocycles. The molecule has 0 aliphatic heterocycles. The zero-order valence-corrected chi connectivity index (χ0v) is 51.7. The van der Waals surface area contributed by atoms with Crippen LogP contribution in [0.4, 0.5) is 0 Å². The molecule has 1 unspecified atom stereocenters. The van der Waals surface area contributed by atoms with E-state index in [-0.39, 0.29) is 31.1 Å². The second-order valence-electron chi connectivity index (χ2n) is 23.1. The predicted molar refractivity (Wildman–Crippen MR) is 335 cm³/mol. The average Bonchev–Trinajstić information content (AvgIpc) is 3.43. The minimum absolute atomic E-state index is 0.0778. The SMILES string of the molecule is CCCC/C=C\CCCCCCCC(=O)OCC(COC(=O)CCCCCCCCCCCCCCCCCCCCCCCCCCCCCCC)OC(=O)CCCCCCCC/C=C\C/C=C\C/C=C\CCCCC. The first-order valence-electron chi connectivity index (χ1n) is 34.1. The van der Waals surface area contributed by atoms with Crippen molar-refractivity contribution in [1.29, 1.82) is 0 Å². The van der Waals surface area contributed by atoms with Gasteiger partial charge in [0.1, 0.15) is 13.2 Å². The van der Waals surface area contributed by atoms with Gasteiger partial charge in [-0.05, 0) is 77.0 Å². The van der Waals surface area contributed by atoms with E-state index in [0.29, 0.717) is 19.3 Å². The molecule has 0 rings (SSSR count). The van der Waals surface area contributed by atoms with Crippen molar-refractivity contribution in [3.63, 3.8) is 0 Å². The predicted octanol–water partition coefficient (Wildman–Crippen LogP) is 23.3. The molecule has 0 amide bonds. The minimum Gasteiger partial charge on any atom is -0.462 e. The van der Waals surface area contributed by atoms with Gasteiger partial charge in [0.15, 0.2) is 6.10 Å². The summed E-state index contributed by atoms with van der Waals surface area (Å²) in [5.41, 5.74) is 0. The van der Waals surface area contributed by atoms with Crippen LogP contribution < -0.4 is 0 Å². The van der Waals surface area contributed by atoms with E-state index in [9.17, 15) is 14.4 Å². The highest BCUT2D eigenvalue weighted by molar-refractivity contribution is 5.71. The van der Waals surface area contributed by atoms with E-state index in [0.717, 1.165) is 89.9 Å². The van der Waals surface area contributed by atoms with E-state index in [1.807, 2.05) is 0 Å². The summed E-state index contributed by atoms with van der Waals surface area (Å²) in [6.07, 6.45) is 82.9. The molecule has 0 radical (unpaired) electrons. The number of carbonyl (C=O) groups is 3. The van der Waals surface area contributed by atoms with Crippen LogP contribution in [0.3, 0.4) is 0 Å². The fourth-order valence-electron chi connectivity index (χ4n) is 10.1. The fourth-order valence-corrected chi connectivity index (χ4v) is 10.1. The Morgan fingerprint density at radius 3 is 0.805 bits per heavy atom. The number of hydrogen-bond donors (Lipinski definition) is 0. The summed E-state index contributed by atoms with van der Waals surface area (Å²) in [5, 5.41) is 0. The Hall–Kier alpha value is -2.63. The number of rotatable bonds is 63. The van der Waals surface area contributed by atoms with Crippen molar-refractivity contribution < 1.29 is 28.6 Å². The van der Waals surface area contributed by atoms with Gasteiger partial charge < -0.3 is 14.2 Å². The van der Waals surface area contributed by atoms with Crippen molar-refractivity contribution in [3.05, 3.63) is 48.6 Å². The summed E-state index contributed by atoms with van der Waals surface area (Å²) in [5.74, 6) is -0.880. The quantitative estimate of drug-likeness (QED) is 0.0261. The zero-order valence-electron chi connectivity index (χ0n) is 51.7. The Labute approximate surface area is 479 Å². The molecular formula is C71H130O6. The average molecular weight is 1080 g/mol. The van der Waals surface area contributed by atoms with Crippen LogP contribution >= 0.6 is 0 Å². The van der Waals surface area contributed by atoms with E-state index in [4.69, 9.17) is 14.2 Å². The largest absolute Gasteiger partial charge is 0.462 e. The number of hydrogen-bond acceptors (Lipinski definition) is 6. The Morgan fingerprint density at radius 1 is 0.260 bits per heavy atom. The van der Waals surface area contributed by atoms with Crippen molar-refractivity contribution in [1.82, 2.24) is 0 Å². The zero-order chi connectivity index (χ0) is 55.7. The molecule has 0 aromatic heterocycles. The molecule has 6 nitrogen and oxygen atoms in total. The van der Waals surface area contributed by atoms with E-state index in [2.05, 4.69) is 69.4 Å². The normalized spacial score (nSPS) is 12.3. The highest BCUT2D eigenvalue weighted by atomic mass is 16.6. The summed E-state index contributed by atoms with van der Waals surface area (Å²) >= 11 is 0. The number of allylic oxidation sites excluding steroid dienone is 8. The maximum atomic E-state index is 12.9. The van der Waals surface area contributed by atoms with Crippen LogP contribution in [0.1, 0.15) is 367 Å². The molecule has 0 aliphatic carbocycles. The molecule has 0 saturated heterocycles. The minimum atomic E-state index is -0.782. The highest BCUT2D eigenvalue weighted by Gasteiger charge is 2.19. The van der Waals surface area contributed by atoms with Gasteiger partial charge in [-0.25, -0.2) is 0 Å². The summed E-state index contributed by atoms with van der Waals surface area (Å²) in [6, 6.07) is 0. The molecule has 0 spiro atoms. The lowest BCUT2D eigenvalue weighted by molar-refractivity contribution is -0.167. The van der Waals surface area contributed by atoms with Crippen LogP contribution in [0.5, 0.6) is 0 Å². The number of esters is 3. The van der Waals surface area contributed by atoms with Crippen LogP contribution in [0.15, 0.2) is 48.6 Å². The smallest absolute Gasteiger partial charge is 0.306 e. The Kier molecular flexibility index (Phi) is 63.6. The molecule has 0 aliphatic rings. The van der Waals surface area contributed by atoms with Gasteiger partial charge >= 0.3 is 17.9 Å². The molecule has 0 heterocycles. The summed E-state index contributed by atoms with van der Waals surface area (Å²) in [7, 11) is 0. The van der Waals surface area contributed by atoms with Gasteiger partial charge in [0.25, 0.3) is 0 Å². The van der Waals surface area contributed by atoms with Crippen molar-refractivity contribution in [2.45, 2.75) is 374 Å². The van der Waals surface area contributed by atoms with Crippen LogP contribution in [0.25, 0.3) is 0 Å². The Morgan fingerprint density at radius 2 is 0.481 bits per heavy atom. The number of unbranched alkanes of at least 4 members (excludes halogenated alkanes) is 44. The molecule has 1 atom stereocenters. The second-order valence-corrected chi connectivity index (χ2v) is 23.1. The van der Waals surface area contributed by atoms with Gasteiger partial charge in [-0.2, -0.15) is 0 Å². The topological polar surface area (TPSA) is 78.9 Å². The first kappa shape index (κ1) is 74.4. The van der Waals surface area contributed by atoms with Crippen molar-refractivity contribution in [2.24, 2.45) is 0 Å². The lowest BCUT2D eigenvalue weighted by atomic mass is 10.0. The fraction of sp³-hybridized carbons (Fsp3) is 0.845. The molecule has 0 N–H and O–H groups in total. The van der Waals surface area contributed by atoms with Crippen molar-refractivity contribution in [2.75, 3.05) is 13.2 Å². The Bertz CT molecular complexity index is 1330. The third-order valence-electron chi connectivity index (χ3n) is 15.3.